The highest BCUT2D eigenvalue weighted by atomic mass is 32.1. The molecule has 0 unspecified atom stereocenters. The first-order valence-electron chi connectivity index (χ1n) is 7.07. The number of aromatic amines is 1. The van der Waals surface area contributed by atoms with Crippen molar-refractivity contribution in [3.8, 4) is 17.1 Å². The Hall–Kier alpha value is -2.14. The number of thiophene rings is 1. The fourth-order valence-electron chi connectivity index (χ4n) is 2.97. The van der Waals surface area contributed by atoms with Gasteiger partial charge in [0.2, 0.25) is 0 Å². The van der Waals surface area contributed by atoms with Gasteiger partial charge in [0.1, 0.15) is 16.4 Å². The Morgan fingerprint density at radius 3 is 2.86 bits per heavy atom. The molecule has 5 heteroatoms. The molecule has 0 atom stereocenters. The summed E-state index contributed by atoms with van der Waals surface area (Å²) >= 11 is 1.62. The van der Waals surface area contributed by atoms with E-state index < -0.39 is 0 Å². The minimum absolute atomic E-state index is 0.0994. The number of aryl methyl sites for hydroxylation is 2. The molecule has 0 amide bonds. The topological polar surface area (TPSA) is 66.0 Å². The standard InChI is InChI=1S/C16H14N2O2S/c19-11-7-3-1-5-9(11)14-17-15(20)13-10-6-2-4-8-12(10)21-16(13)18-14/h1,3,5,7,19H,2,4,6,8H2,(H,17,18,20). The van der Waals surface area contributed by atoms with E-state index in [4.69, 9.17) is 0 Å². The van der Waals surface area contributed by atoms with Gasteiger partial charge in [-0.15, -0.1) is 11.3 Å². The van der Waals surface area contributed by atoms with Crippen LogP contribution >= 0.6 is 11.3 Å². The summed E-state index contributed by atoms with van der Waals surface area (Å²) in [5.41, 5.74) is 1.64. The molecule has 1 aliphatic carbocycles. The van der Waals surface area contributed by atoms with Crippen LogP contribution in [0.2, 0.25) is 0 Å². The Bertz CT molecular complexity index is 895. The Labute approximate surface area is 125 Å². The molecule has 0 saturated heterocycles. The van der Waals surface area contributed by atoms with Gasteiger partial charge in [0, 0.05) is 4.88 Å². The molecule has 21 heavy (non-hydrogen) atoms. The summed E-state index contributed by atoms with van der Waals surface area (Å²) in [5, 5.41) is 10.7. The molecule has 0 spiro atoms. The number of hydrogen-bond donors (Lipinski definition) is 2. The van der Waals surface area contributed by atoms with E-state index in [1.165, 1.54) is 16.9 Å². The largest absolute Gasteiger partial charge is 0.507 e. The lowest BCUT2D eigenvalue weighted by Gasteiger charge is -2.09. The zero-order valence-corrected chi connectivity index (χ0v) is 12.2. The van der Waals surface area contributed by atoms with Gasteiger partial charge in [0.15, 0.2) is 0 Å². The zero-order valence-electron chi connectivity index (χ0n) is 11.3. The lowest BCUT2D eigenvalue weighted by Crippen LogP contribution is -2.11. The second kappa shape index (κ2) is 4.70. The van der Waals surface area contributed by atoms with E-state index in [0.29, 0.717) is 11.4 Å². The van der Waals surface area contributed by atoms with E-state index >= 15 is 0 Å². The number of benzene rings is 1. The van der Waals surface area contributed by atoms with Crippen molar-refractivity contribution in [3.63, 3.8) is 0 Å². The van der Waals surface area contributed by atoms with Crippen LogP contribution < -0.4 is 5.56 Å². The molecule has 4 nitrogen and oxygen atoms in total. The van der Waals surface area contributed by atoms with Gasteiger partial charge in [-0.2, -0.15) is 0 Å². The molecule has 3 aromatic rings. The second-order valence-corrected chi connectivity index (χ2v) is 6.41. The zero-order chi connectivity index (χ0) is 14.4. The van der Waals surface area contributed by atoms with Gasteiger partial charge >= 0.3 is 0 Å². The predicted molar refractivity (Wildman–Crippen MR) is 84.0 cm³/mol. The van der Waals surface area contributed by atoms with E-state index in [-0.39, 0.29) is 11.3 Å². The number of hydrogen-bond acceptors (Lipinski definition) is 4. The molecule has 0 aliphatic heterocycles. The number of H-pyrrole nitrogens is 1. The predicted octanol–water partition coefficient (Wildman–Crippen LogP) is 3.24. The number of para-hydroxylation sites is 1. The monoisotopic (exact) mass is 298 g/mol. The van der Waals surface area contributed by atoms with Crippen LogP contribution in [-0.2, 0) is 12.8 Å². The maximum atomic E-state index is 12.4. The van der Waals surface area contributed by atoms with E-state index in [0.717, 1.165) is 29.5 Å². The van der Waals surface area contributed by atoms with E-state index in [9.17, 15) is 9.90 Å². The third-order valence-electron chi connectivity index (χ3n) is 3.98. The summed E-state index contributed by atoms with van der Waals surface area (Å²) in [6.07, 6.45) is 4.33. The molecule has 0 radical (unpaired) electrons. The fraction of sp³-hybridized carbons (Fsp3) is 0.250. The maximum Gasteiger partial charge on any atom is 0.260 e. The molecule has 2 N–H and O–H groups in total. The number of aromatic hydroxyl groups is 1. The molecule has 1 aromatic carbocycles. The summed E-state index contributed by atoms with van der Waals surface area (Å²) in [5.74, 6) is 0.561. The van der Waals surface area contributed by atoms with Crippen molar-refractivity contribution in [2.45, 2.75) is 25.7 Å². The second-order valence-electron chi connectivity index (χ2n) is 5.32. The number of rotatable bonds is 1. The van der Waals surface area contributed by atoms with Crippen molar-refractivity contribution in [2.75, 3.05) is 0 Å². The number of aromatic nitrogens is 2. The van der Waals surface area contributed by atoms with E-state index in [2.05, 4.69) is 9.97 Å². The molecule has 0 fully saturated rings. The third kappa shape index (κ3) is 1.96. The molecule has 0 bridgehead atoms. The van der Waals surface area contributed by atoms with Crippen LogP contribution in [0.3, 0.4) is 0 Å². The lowest BCUT2D eigenvalue weighted by molar-refractivity contribution is 0.477. The molecule has 1 aliphatic rings. The summed E-state index contributed by atoms with van der Waals surface area (Å²) in [6, 6.07) is 6.92. The van der Waals surface area contributed by atoms with Gasteiger partial charge in [-0.1, -0.05) is 12.1 Å². The minimum atomic E-state index is -0.0994. The molecular weight excluding hydrogens is 284 g/mol. The fourth-order valence-corrected chi connectivity index (χ4v) is 4.23. The molecule has 106 valence electrons. The van der Waals surface area contributed by atoms with Gasteiger partial charge in [0.05, 0.1) is 10.9 Å². The molecule has 0 saturated carbocycles. The summed E-state index contributed by atoms with van der Waals surface area (Å²) in [6.45, 7) is 0. The van der Waals surface area contributed by atoms with Crippen LogP contribution in [-0.4, -0.2) is 15.1 Å². The maximum absolute atomic E-state index is 12.4. The number of phenols is 1. The van der Waals surface area contributed by atoms with Crippen LogP contribution in [0.15, 0.2) is 29.1 Å². The third-order valence-corrected chi connectivity index (χ3v) is 5.17. The first-order valence-corrected chi connectivity index (χ1v) is 7.88. The SMILES string of the molecule is O=c1[nH]c(-c2ccccc2O)nc2sc3c(c12)CCCC3. The van der Waals surface area contributed by atoms with Gasteiger partial charge < -0.3 is 10.1 Å². The average molecular weight is 298 g/mol. The lowest BCUT2D eigenvalue weighted by atomic mass is 9.97. The Balaban J connectivity index is 1.98. The highest BCUT2D eigenvalue weighted by Crippen LogP contribution is 2.35. The Morgan fingerprint density at radius 1 is 1.19 bits per heavy atom. The first kappa shape index (κ1) is 12.6. The number of phenolic OH excluding ortho intramolecular Hbond substituents is 1. The van der Waals surface area contributed by atoms with Gasteiger partial charge in [0.25, 0.3) is 5.56 Å². The van der Waals surface area contributed by atoms with Crippen LogP contribution in [0.25, 0.3) is 21.6 Å². The number of fused-ring (bicyclic) bond motifs is 3. The molecule has 2 heterocycles. The average Bonchev–Trinajstić information content (AvgIpc) is 2.86. The quantitative estimate of drug-likeness (QED) is 0.725. The Kier molecular flexibility index (Phi) is 2.82. The highest BCUT2D eigenvalue weighted by molar-refractivity contribution is 7.18. The Morgan fingerprint density at radius 2 is 2.00 bits per heavy atom. The first-order chi connectivity index (χ1) is 10.2. The summed E-state index contributed by atoms with van der Waals surface area (Å²) < 4.78 is 0. The van der Waals surface area contributed by atoms with Gasteiger partial charge in [-0.3, -0.25) is 4.79 Å². The van der Waals surface area contributed by atoms with Crippen molar-refractivity contribution in [1.29, 1.82) is 0 Å². The summed E-state index contributed by atoms with van der Waals surface area (Å²) in [7, 11) is 0. The minimum Gasteiger partial charge on any atom is -0.507 e. The normalized spacial score (nSPS) is 14.3. The number of nitrogens with one attached hydrogen (secondary N) is 1. The van der Waals surface area contributed by atoms with Crippen LogP contribution in [0.1, 0.15) is 23.3 Å². The summed E-state index contributed by atoms with van der Waals surface area (Å²) in [4.78, 5) is 21.9. The van der Waals surface area contributed by atoms with Crippen LogP contribution in [0.4, 0.5) is 0 Å². The van der Waals surface area contributed by atoms with Crippen molar-refractivity contribution in [1.82, 2.24) is 9.97 Å². The van der Waals surface area contributed by atoms with Gasteiger partial charge in [-0.25, -0.2) is 4.98 Å². The van der Waals surface area contributed by atoms with Crippen molar-refractivity contribution >= 4 is 21.6 Å². The van der Waals surface area contributed by atoms with Gasteiger partial charge in [-0.05, 0) is 43.4 Å². The van der Waals surface area contributed by atoms with Crippen molar-refractivity contribution in [2.24, 2.45) is 0 Å². The number of nitrogens with zero attached hydrogens (tertiary/aromatic N) is 1. The van der Waals surface area contributed by atoms with E-state index in [1.54, 1.807) is 29.5 Å². The highest BCUT2D eigenvalue weighted by Gasteiger charge is 2.20. The van der Waals surface area contributed by atoms with Crippen molar-refractivity contribution < 1.29 is 5.11 Å². The van der Waals surface area contributed by atoms with Crippen molar-refractivity contribution in [3.05, 3.63) is 45.1 Å². The smallest absolute Gasteiger partial charge is 0.260 e. The molecule has 4 rings (SSSR count). The van der Waals surface area contributed by atoms with E-state index in [1.807, 2.05) is 6.07 Å². The molecular formula is C16H14N2O2S. The van der Waals surface area contributed by atoms with Crippen LogP contribution in [0.5, 0.6) is 5.75 Å². The molecule has 2 aromatic heterocycles. The van der Waals surface area contributed by atoms with Crippen LogP contribution in [0, 0.1) is 0 Å².